The van der Waals surface area contributed by atoms with Crippen LogP contribution in [-0.2, 0) is 0 Å². The van der Waals surface area contributed by atoms with Gasteiger partial charge in [0.15, 0.2) is 0 Å². The van der Waals surface area contributed by atoms with Gasteiger partial charge in [-0.3, -0.25) is 0 Å². The van der Waals surface area contributed by atoms with Crippen LogP contribution in [0, 0.1) is 5.92 Å². The second-order valence-electron chi connectivity index (χ2n) is 5.91. The molecule has 0 atom stereocenters. The van der Waals surface area contributed by atoms with E-state index in [4.69, 9.17) is 10.2 Å². The van der Waals surface area contributed by atoms with Crippen LogP contribution >= 0.6 is 0 Å². The maximum atomic E-state index is 8.94. The van der Waals surface area contributed by atoms with Crippen LogP contribution in [0.3, 0.4) is 0 Å². The summed E-state index contributed by atoms with van der Waals surface area (Å²) in [5.74, 6) is 0.114. The van der Waals surface area contributed by atoms with E-state index in [1.807, 2.05) is 0 Å². The Kier molecular flexibility index (Phi) is 15.9. The van der Waals surface area contributed by atoms with E-state index in [0.717, 1.165) is 12.8 Å². The summed E-state index contributed by atoms with van der Waals surface area (Å²) in [5.41, 5.74) is 0. The van der Waals surface area contributed by atoms with Crippen molar-refractivity contribution in [3.63, 3.8) is 0 Å². The fraction of sp³-hybridized carbons (Fsp3) is 1.00. The highest BCUT2D eigenvalue weighted by atomic mass is 16.3. The van der Waals surface area contributed by atoms with E-state index in [0.29, 0.717) is 0 Å². The van der Waals surface area contributed by atoms with Crippen molar-refractivity contribution >= 4 is 0 Å². The van der Waals surface area contributed by atoms with Crippen LogP contribution in [0.1, 0.15) is 90.4 Å². The van der Waals surface area contributed by atoms with Crippen molar-refractivity contribution in [3.8, 4) is 0 Å². The molecule has 0 rings (SSSR count). The first-order valence-electron chi connectivity index (χ1n) is 8.56. The highest BCUT2D eigenvalue weighted by Crippen LogP contribution is 2.14. The Labute approximate surface area is 120 Å². The van der Waals surface area contributed by atoms with Crippen molar-refractivity contribution in [2.24, 2.45) is 5.92 Å². The predicted molar refractivity (Wildman–Crippen MR) is 83.4 cm³/mol. The minimum atomic E-state index is 0.114. The molecule has 0 radical (unpaired) electrons. The molecule has 0 aliphatic rings. The van der Waals surface area contributed by atoms with Crippen molar-refractivity contribution < 1.29 is 10.2 Å². The molecule has 0 aromatic rings. The summed E-state index contributed by atoms with van der Waals surface area (Å²) in [6.45, 7) is 2.53. The highest BCUT2D eigenvalue weighted by molar-refractivity contribution is 4.56. The van der Waals surface area contributed by atoms with Gasteiger partial charge in [0.25, 0.3) is 0 Å². The smallest absolute Gasteiger partial charge is 0.0481 e. The van der Waals surface area contributed by atoms with Crippen molar-refractivity contribution in [2.75, 3.05) is 13.2 Å². The van der Waals surface area contributed by atoms with Crippen LogP contribution < -0.4 is 0 Å². The zero-order chi connectivity index (χ0) is 14.2. The molecule has 0 aromatic heterocycles. The molecule has 0 aliphatic carbocycles. The minimum absolute atomic E-state index is 0.114. The first-order chi connectivity index (χ1) is 9.35. The van der Waals surface area contributed by atoms with Crippen LogP contribution in [-0.4, -0.2) is 23.4 Å². The third kappa shape index (κ3) is 14.1. The fourth-order valence-electron chi connectivity index (χ4n) is 2.51. The maximum absolute atomic E-state index is 8.94. The molecule has 19 heavy (non-hydrogen) atoms. The van der Waals surface area contributed by atoms with Crippen molar-refractivity contribution in [1.82, 2.24) is 0 Å². The summed E-state index contributed by atoms with van der Waals surface area (Å²) < 4.78 is 0. The Morgan fingerprint density at radius 1 is 0.579 bits per heavy atom. The number of hydrogen-bond acceptors (Lipinski definition) is 2. The van der Waals surface area contributed by atoms with Crippen LogP contribution in [0.5, 0.6) is 0 Å². The number of rotatable bonds is 15. The summed E-state index contributed by atoms with van der Waals surface area (Å²) in [4.78, 5) is 0. The van der Waals surface area contributed by atoms with Crippen LogP contribution in [0.2, 0.25) is 0 Å². The van der Waals surface area contributed by atoms with Gasteiger partial charge in [-0.15, -0.1) is 0 Å². The van der Waals surface area contributed by atoms with Gasteiger partial charge < -0.3 is 10.2 Å². The van der Waals surface area contributed by atoms with E-state index in [1.54, 1.807) is 0 Å². The number of aliphatic hydroxyl groups is 2. The molecule has 2 heteroatoms. The van der Waals surface area contributed by atoms with Crippen molar-refractivity contribution in [1.29, 1.82) is 0 Å². The number of unbranched alkanes of at least 4 members (excludes halogenated alkanes) is 11. The molecule has 0 aromatic carbocycles. The monoisotopic (exact) mass is 272 g/mol. The Bertz CT molecular complexity index is 155. The minimum Gasteiger partial charge on any atom is -0.396 e. The molecule has 0 saturated carbocycles. The molecule has 2 N–H and O–H groups in total. The summed E-state index contributed by atoms with van der Waals surface area (Å²) in [5, 5.41) is 17.9. The molecular formula is C17H36O2. The largest absolute Gasteiger partial charge is 0.396 e. The Balaban J connectivity index is 3.02. The molecule has 116 valence electrons. The van der Waals surface area contributed by atoms with Gasteiger partial charge in [0.1, 0.15) is 0 Å². The van der Waals surface area contributed by atoms with E-state index in [1.165, 1.54) is 70.6 Å². The quantitative estimate of drug-likeness (QED) is 0.425. The molecule has 0 saturated heterocycles. The Morgan fingerprint density at radius 2 is 0.947 bits per heavy atom. The van der Waals surface area contributed by atoms with E-state index in [-0.39, 0.29) is 19.1 Å². The normalized spacial score (nSPS) is 11.4. The second kappa shape index (κ2) is 16.0. The van der Waals surface area contributed by atoms with Crippen LogP contribution in [0.25, 0.3) is 0 Å². The molecule has 0 bridgehead atoms. The van der Waals surface area contributed by atoms with Crippen LogP contribution in [0.15, 0.2) is 0 Å². The van der Waals surface area contributed by atoms with Gasteiger partial charge in [-0.05, 0) is 6.42 Å². The Hall–Kier alpha value is -0.0800. The van der Waals surface area contributed by atoms with Gasteiger partial charge in [0, 0.05) is 19.1 Å². The predicted octanol–water partition coefficient (Wildman–Crippen LogP) is 4.68. The molecular weight excluding hydrogens is 236 g/mol. The highest BCUT2D eigenvalue weighted by Gasteiger charge is 2.04. The van der Waals surface area contributed by atoms with E-state index < -0.39 is 0 Å². The zero-order valence-electron chi connectivity index (χ0n) is 13.1. The molecule has 0 unspecified atom stereocenters. The molecule has 0 fully saturated rings. The molecule has 0 heterocycles. The lowest BCUT2D eigenvalue weighted by Crippen LogP contribution is -2.10. The summed E-state index contributed by atoms with van der Waals surface area (Å²) >= 11 is 0. The molecule has 0 aliphatic heterocycles. The topological polar surface area (TPSA) is 40.5 Å². The second-order valence-corrected chi connectivity index (χ2v) is 5.91. The summed E-state index contributed by atoms with van der Waals surface area (Å²) in [6.07, 6.45) is 17.3. The van der Waals surface area contributed by atoms with Crippen molar-refractivity contribution in [3.05, 3.63) is 0 Å². The standard InChI is InChI=1S/C17H36O2/c1-2-3-4-5-6-7-8-9-10-11-12-13-14-17(15-18)16-19/h17-19H,2-16H2,1H3. The number of aliphatic hydroxyl groups excluding tert-OH is 2. The van der Waals surface area contributed by atoms with Gasteiger partial charge >= 0.3 is 0 Å². The SMILES string of the molecule is CCCCCCCCCCCCCCC(CO)CO. The number of hydrogen-bond donors (Lipinski definition) is 2. The third-order valence-corrected chi connectivity index (χ3v) is 3.98. The summed E-state index contributed by atoms with van der Waals surface area (Å²) in [7, 11) is 0. The van der Waals surface area contributed by atoms with Gasteiger partial charge in [-0.1, -0.05) is 84.0 Å². The lowest BCUT2D eigenvalue weighted by Gasteiger charge is -2.09. The zero-order valence-corrected chi connectivity index (χ0v) is 13.1. The molecule has 2 nitrogen and oxygen atoms in total. The lowest BCUT2D eigenvalue weighted by molar-refractivity contribution is 0.141. The molecule has 0 spiro atoms. The summed E-state index contributed by atoms with van der Waals surface area (Å²) in [6, 6.07) is 0. The van der Waals surface area contributed by atoms with E-state index in [9.17, 15) is 0 Å². The maximum Gasteiger partial charge on any atom is 0.0481 e. The van der Waals surface area contributed by atoms with Crippen molar-refractivity contribution in [2.45, 2.75) is 90.4 Å². The fourth-order valence-corrected chi connectivity index (χ4v) is 2.51. The van der Waals surface area contributed by atoms with Gasteiger partial charge in [0.05, 0.1) is 0 Å². The Morgan fingerprint density at radius 3 is 1.32 bits per heavy atom. The third-order valence-electron chi connectivity index (χ3n) is 3.98. The van der Waals surface area contributed by atoms with Gasteiger partial charge in [0.2, 0.25) is 0 Å². The van der Waals surface area contributed by atoms with E-state index >= 15 is 0 Å². The lowest BCUT2D eigenvalue weighted by atomic mass is 10.0. The van der Waals surface area contributed by atoms with Crippen LogP contribution in [0.4, 0.5) is 0 Å². The van der Waals surface area contributed by atoms with Gasteiger partial charge in [-0.2, -0.15) is 0 Å². The van der Waals surface area contributed by atoms with Gasteiger partial charge in [-0.25, -0.2) is 0 Å². The average molecular weight is 272 g/mol. The molecule has 0 amide bonds. The average Bonchev–Trinajstić information content (AvgIpc) is 2.44. The first kappa shape index (κ1) is 18.9. The first-order valence-corrected chi connectivity index (χ1v) is 8.56. The van der Waals surface area contributed by atoms with E-state index in [2.05, 4.69) is 6.92 Å².